The van der Waals surface area contributed by atoms with Crippen LogP contribution in [0.4, 0.5) is 0 Å². The highest BCUT2D eigenvalue weighted by molar-refractivity contribution is 5.78. The highest BCUT2D eigenvalue weighted by Gasteiger charge is 2.28. The zero-order valence-electron chi connectivity index (χ0n) is 13.3. The normalized spacial score (nSPS) is 26.6. The van der Waals surface area contributed by atoms with Crippen LogP contribution in [-0.4, -0.2) is 30.2 Å². The van der Waals surface area contributed by atoms with Crippen LogP contribution in [0.15, 0.2) is 0 Å². The number of Topliss-reactive ketones (excluding diaryl/α,β-unsaturated/α-hetero) is 1. The fraction of sp³-hybridized carbons (Fsp3) is 0.941. The van der Waals surface area contributed by atoms with E-state index in [1.807, 2.05) is 0 Å². The van der Waals surface area contributed by atoms with Crippen molar-refractivity contribution in [2.45, 2.75) is 89.8 Å². The summed E-state index contributed by atoms with van der Waals surface area (Å²) in [6, 6.07) is 0. The summed E-state index contributed by atoms with van der Waals surface area (Å²) in [6.07, 6.45) is 10.9. The molecule has 20 heavy (non-hydrogen) atoms. The van der Waals surface area contributed by atoms with E-state index in [1.54, 1.807) is 7.11 Å². The summed E-state index contributed by atoms with van der Waals surface area (Å²) in [5, 5.41) is 9.76. The van der Waals surface area contributed by atoms with Crippen molar-refractivity contribution in [3.8, 4) is 0 Å². The molecule has 1 aliphatic carbocycles. The summed E-state index contributed by atoms with van der Waals surface area (Å²) in [5.74, 6) is 0.967. The van der Waals surface area contributed by atoms with Crippen LogP contribution < -0.4 is 0 Å². The van der Waals surface area contributed by atoms with Gasteiger partial charge in [-0.25, -0.2) is 0 Å². The van der Waals surface area contributed by atoms with Gasteiger partial charge in [0.25, 0.3) is 0 Å². The molecule has 3 heteroatoms. The predicted molar refractivity (Wildman–Crippen MR) is 81.8 cm³/mol. The molecule has 0 radical (unpaired) electrons. The van der Waals surface area contributed by atoms with Crippen LogP contribution in [0.3, 0.4) is 0 Å². The number of hydrogen-bond acceptors (Lipinski definition) is 3. The van der Waals surface area contributed by atoms with Crippen molar-refractivity contribution >= 4 is 5.78 Å². The molecule has 3 atom stereocenters. The Morgan fingerprint density at radius 1 is 1.15 bits per heavy atom. The van der Waals surface area contributed by atoms with Gasteiger partial charge in [-0.15, -0.1) is 0 Å². The SMILES string of the molecule is CCCCCCCC(=O)CCC1CC[C@H](O)C(OC)C1. The highest BCUT2D eigenvalue weighted by Crippen LogP contribution is 2.29. The summed E-state index contributed by atoms with van der Waals surface area (Å²) >= 11 is 0. The Labute approximate surface area is 124 Å². The minimum Gasteiger partial charge on any atom is -0.390 e. The van der Waals surface area contributed by atoms with Crippen molar-refractivity contribution in [2.24, 2.45) is 5.92 Å². The number of aliphatic hydroxyl groups excluding tert-OH is 1. The fourth-order valence-electron chi connectivity index (χ4n) is 3.13. The van der Waals surface area contributed by atoms with Gasteiger partial charge in [0.05, 0.1) is 12.2 Å². The van der Waals surface area contributed by atoms with Crippen molar-refractivity contribution in [1.29, 1.82) is 0 Å². The maximum Gasteiger partial charge on any atom is 0.132 e. The van der Waals surface area contributed by atoms with E-state index >= 15 is 0 Å². The van der Waals surface area contributed by atoms with Gasteiger partial charge in [-0.1, -0.05) is 32.6 Å². The Bertz CT molecular complexity index is 265. The summed E-state index contributed by atoms with van der Waals surface area (Å²) < 4.78 is 5.31. The van der Waals surface area contributed by atoms with Gasteiger partial charge in [0.1, 0.15) is 5.78 Å². The zero-order chi connectivity index (χ0) is 14.8. The highest BCUT2D eigenvalue weighted by atomic mass is 16.5. The smallest absolute Gasteiger partial charge is 0.132 e. The zero-order valence-corrected chi connectivity index (χ0v) is 13.3. The molecule has 0 spiro atoms. The Balaban J connectivity index is 2.08. The number of rotatable bonds is 10. The number of ketones is 1. The predicted octanol–water partition coefficient (Wildman–Crippen LogP) is 3.87. The molecule has 1 N–H and O–H groups in total. The van der Waals surface area contributed by atoms with Crippen molar-refractivity contribution in [2.75, 3.05) is 7.11 Å². The molecule has 0 aliphatic heterocycles. The molecule has 0 amide bonds. The number of ether oxygens (including phenoxy) is 1. The van der Waals surface area contributed by atoms with Crippen LogP contribution in [0.2, 0.25) is 0 Å². The second-order valence-corrected chi connectivity index (χ2v) is 6.26. The number of methoxy groups -OCH3 is 1. The maximum absolute atomic E-state index is 11.9. The van der Waals surface area contributed by atoms with E-state index in [-0.39, 0.29) is 12.2 Å². The third-order valence-corrected chi connectivity index (χ3v) is 4.56. The lowest BCUT2D eigenvalue weighted by atomic mass is 9.82. The molecule has 3 nitrogen and oxygen atoms in total. The van der Waals surface area contributed by atoms with Gasteiger partial charge < -0.3 is 9.84 Å². The summed E-state index contributed by atoms with van der Waals surface area (Å²) in [4.78, 5) is 11.9. The maximum atomic E-state index is 11.9. The van der Waals surface area contributed by atoms with Gasteiger partial charge in [-0.3, -0.25) is 4.79 Å². The molecular formula is C17H32O3. The topological polar surface area (TPSA) is 46.5 Å². The Kier molecular flexibility index (Phi) is 9.12. The Morgan fingerprint density at radius 3 is 2.60 bits per heavy atom. The van der Waals surface area contributed by atoms with E-state index in [4.69, 9.17) is 4.74 Å². The van der Waals surface area contributed by atoms with Crippen LogP contribution >= 0.6 is 0 Å². The Morgan fingerprint density at radius 2 is 1.90 bits per heavy atom. The average Bonchev–Trinajstić information content (AvgIpc) is 2.46. The quantitative estimate of drug-likeness (QED) is 0.619. The first-order chi connectivity index (χ1) is 9.67. The van der Waals surface area contributed by atoms with Crippen molar-refractivity contribution in [3.05, 3.63) is 0 Å². The third kappa shape index (κ3) is 6.85. The number of carbonyl (C=O) groups excluding carboxylic acids is 1. The van der Waals surface area contributed by atoms with E-state index in [9.17, 15) is 9.90 Å². The minimum atomic E-state index is -0.314. The van der Waals surface area contributed by atoms with Crippen LogP contribution in [-0.2, 0) is 9.53 Å². The van der Waals surface area contributed by atoms with Gasteiger partial charge >= 0.3 is 0 Å². The van der Waals surface area contributed by atoms with Crippen LogP contribution in [0.1, 0.15) is 77.6 Å². The second kappa shape index (κ2) is 10.3. The van der Waals surface area contributed by atoms with Gasteiger partial charge in [0.2, 0.25) is 0 Å². The van der Waals surface area contributed by atoms with Crippen molar-refractivity contribution in [1.82, 2.24) is 0 Å². The molecule has 118 valence electrons. The lowest BCUT2D eigenvalue weighted by Gasteiger charge is -2.32. The summed E-state index contributed by atoms with van der Waals surface area (Å²) in [6.45, 7) is 2.21. The third-order valence-electron chi connectivity index (χ3n) is 4.56. The monoisotopic (exact) mass is 284 g/mol. The first-order valence-corrected chi connectivity index (χ1v) is 8.40. The lowest BCUT2D eigenvalue weighted by Crippen LogP contribution is -2.35. The van der Waals surface area contributed by atoms with Gasteiger partial charge in [0, 0.05) is 20.0 Å². The van der Waals surface area contributed by atoms with E-state index in [0.717, 1.165) is 38.5 Å². The number of hydrogen-bond donors (Lipinski definition) is 1. The largest absolute Gasteiger partial charge is 0.390 e. The second-order valence-electron chi connectivity index (χ2n) is 6.26. The molecular weight excluding hydrogens is 252 g/mol. The first kappa shape index (κ1) is 17.6. The molecule has 0 bridgehead atoms. The van der Waals surface area contributed by atoms with Crippen LogP contribution in [0.5, 0.6) is 0 Å². The van der Waals surface area contributed by atoms with Crippen molar-refractivity contribution < 1.29 is 14.6 Å². The molecule has 0 aromatic heterocycles. The molecule has 2 unspecified atom stereocenters. The summed E-state index contributed by atoms with van der Waals surface area (Å²) in [5.41, 5.74) is 0. The molecule has 0 saturated heterocycles. The molecule has 0 heterocycles. The first-order valence-electron chi connectivity index (χ1n) is 8.40. The summed E-state index contributed by atoms with van der Waals surface area (Å²) in [7, 11) is 1.66. The number of unbranched alkanes of at least 4 members (excludes halogenated alkanes) is 4. The standard InChI is InChI=1S/C17H32O3/c1-3-4-5-6-7-8-15(18)11-9-14-10-12-16(19)17(13-14)20-2/h14,16-17,19H,3-13H2,1-2H3/t14?,16-,17?/m0/s1. The van der Waals surface area contributed by atoms with Gasteiger partial charge in [-0.2, -0.15) is 0 Å². The van der Waals surface area contributed by atoms with Gasteiger partial charge in [-0.05, 0) is 38.0 Å². The molecule has 0 aromatic rings. The molecule has 1 rings (SSSR count). The fourth-order valence-corrected chi connectivity index (χ4v) is 3.13. The average molecular weight is 284 g/mol. The molecule has 1 saturated carbocycles. The van der Waals surface area contributed by atoms with Crippen LogP contribution in [0, 0.1) is 5.92 Å². The lowest BCUT2D eigenvalue weighted by molar-refractivity contribution is -0.119. The van der Waals surface area contributed by atoms with Crippen LogP contribution in [0.25, 0.3) is 0 Å². The van der Waals surface area contributed by atoms with E-state index in [2.05, 4.69) is 6.92 Å². The Hall–Kier alpha value is -0.410. The van der Waals surface area contributed by atoms with Crippen molar-refractivity contribution in [3.63, 3.8) is 0 Å². The van der Waals surface area contributed by atoms with E-state index in [1.165, 1.54) is 25.7 Å². The minimum absolute atomic E-state index is 0.0297. The number of carbonyl (C=O) groups is 1. The number of aliphatic hydroxyl groups is 1. The molecule has 0 aromatic carbocycles. The molecule has 1 aliphatic rings. The molecule has 1 fully saturated rings. The van der Waals surface area contributed by atoms with Gasteiger partial charge in [0.15, 0.2) is 0 Å². The van der Waals surface area contributed by atoms with E-state index < -0.39 is 0 Å². The van der Waals surface area contributed by atoms with E-state index in [0.29, 0.717) is 18.1 Å².